The molecule has 2 heterocycles. The van der Waals surface area contributed by atoms with Gasteiger partial charge in [0.15, 0.2) is 5.96 Å². The van der Waals surface area contributed by atoms with Gasteiger partial charge in [0.2, 0.25) is 5.91 Å². The van der Waals surface area contributed by atoms with Crippen molar-refractivity contribution in [2.75, 3.05) is 39.4 Å². The molecule has 1 saturated carbocycles. The summed E-state index contributed by atoms with van der Waals surface area (Å²) in [5.74, 6) is 0.802. The molecule has 2 saturated heterocycles. The van der Waals surface area contributed by atoms with Crippen molar-refractivity contribution >= 4 is 11.9 Å². The van der Waals surface area contributed by atoms with Crippen LogP contribution in [0.1, 0.15) is 32.6 Å². The smallest absolute Gasteiger partial charge is 0.242 e. The van der Waals surface area contributed by atoms with Gasteiger partial charge in [-0.2, -0.15) is 0 Å². The molecule has 23 heavy (non-hydrogen) atoms. The van der Waals surface area contributed by atoms with E-state index < -0.39 is 0 Å². The third-order valence-electron chi connectivity index (χ3n) is 4.42. The number of hydrogen-bond donors (Lipinski definition) is 2. The highest BCUT2D eigenvalue weighted by molar-refractivity contribution is 5.85. The van der Waals surface area contributed by atoms with E-state index in [2.05, 4.69) is 20.5 Å². The lowest BCUT2D eigenvalue weighted by Gasteiger charge is -2.37. The van der Waals surface area contributed by atoms with E-state index in [1.165, 1.54) is 0 Å². The maximum absolute atomic E-state index is 11.8. The SMILES string of the molecule is CCNC(=NCC(=O)NC1CC1)N1CCOC(C2CCCO2)C1. The van der Waals surface area contributed by atoms with Gasteiger partial charge in [0, 0.05) is 32.3 Å². The summed E-state index contributed by atoms with van der Waals surface area (Å²) in [6.07, 6.45) is 4.66. The first-order valence-corrected chi connectivity index (χ1v) is 8.82. The minimum absolute atomic E-state index is 0.00633. The summed E-state index contributed by atoms with van der Waals surface area (Å²) in [5.41, 5.74) is 0. The highest BCUT2D eigenvalue weighted by Gasteiger charge is 2.32. The van der Waals surface area contributed by atoms with Crippen LogP contribution >= 0.6 is 0 Å². The Morgan fingerprint density at radius 1 is 1.22 bits per heavy atom. The minimum atomic E-state index is 0.00633. The number of nitrogens with one attached hydrogen (secondary N) is 2. The summed E-state index contributed by atoms with van der Waals surface area (Å²) in [5, 5.41) is 6.26. The Hall–Kier alpha value is -1.34. The quantitative estimate of drug-likeness (QED) is 0.555. The molecule has 0 radical (unpaired) electrons. The van der Waals surface area contributed by atoms with Crippen LogP contribution < -0.4 is 10.6 Å². The zero-order chi connectivity index (χ0) is 16.1. The van der Waals surface area contributed by atoms with Gasteiger partial charge in [-0.15, -0.1) is 0 Å². The molecule has 0 bridgehead atoms. The number of aliphatic imine (C=N–C) groups is 1. The van der Waals surface area contributed by atoms with Crippen molar-refractivity contribution in [2.45, 2.75) is 50.9 Å². The monoisotopic (exact) mass is 324 g/mol. The van der Waals surface area contributed by atoms with Crippen molar-refractivity contribution in [2.24, 2.45) is 4.99 Å². The lowest BCUT2D eigenvalue weighted by molar-refractivity contribution is -0.119. The summed E-state index contributed by atoms with van der Waals surface area (Å²) in [7, 11) is 0. The van der Waals surface area contributed by atoms with Crippen LogP contribution in [0.2, 0.25) is 0 Å². The highest BCUT2D eigenvalue weighted by atomic mass is 16.5. The fraction of sp³-hybridized carbons (Fsp3) is 0.875. The number of rotatable bonds is 5. The molecule has 2 unspecified atom stereocenters. The number of hydrogen-bond acceptors (Lipinski definition) is 4. The van der Waals surface area contributed by atoms with E-state index in [9.17, 15) is 4.79 Å². The van der Waals surface area contributed by atoms with Gasteiger partial charge < -0.3 is 25.0 Å². The number of ether oxygens (including phenoxy) is 2. The van der Waals surface area contributed by atoms with Gasteiger partial charge in [-0.25, -0.2) is 4.99 Å². The van der Waals surface area contributed by atoms with Gasteiger partial charge in [-0.05, 0) is 32.6 Å². The van der Waals surface area contributed by atoms with Crippen LogP contribution in [0.4, 0.5) is 0 Å². The van der Waals surface area contributed by atoms with Crippen LogP contribution in [0.5, 0.6) is 0 Å². The van der Waals surface area contributed by atoms with Crippen LogP contribution in [-0.4, -0.2) is 74.4 Å². The maximum atomic E-state index is 11.8. The van der Waals surface area contributed by atoms with E-state index in [-0.39, 0.29) is 24.7 Å². The zero-order valence-electron chi connectivity index (χ0n) is 13.9. The van der Waals surface area contributed by atoms with Crippen LogP contribution in [-0.2, 0) is 14.3 Å². The first kappa shape index (κ1) is 16.5. The highest BCUT2D eigenvalue weighted by Crippen LogP contribution is 2.21. The largest absolute Gasteiger partial charge is 0.375 e. The summed E-state index contributed by atoms with van der Waals surface area (Å²) < 4.78 is 11.6. The molecule has 2 N–H and O–H groups in total. The van der Waals surface area contributed by atoms with Gasteiger partial charge in [0.25, 0.3) is 0 Å². The molecule has 1 aliphatic carbocycles. The Morgan fingerprint density at radius 3 is 2.74 bits per heavy atom. The molecule has 2 atom stereocenters. The maximum Gasteiger partial charge on any atom is 0.242 e. The molecule has 3 fully saturated rings. The molecule has 0 spiro atoms. The van der Waals surface area contributed by atoms with E-state index in [0.29, 0.717) is 12.6 Å². The fourth-order valence-corrected chi connectivity index (χ4v) is 3.06. The van der Waals surface area contributed by atoms with Crippen molar-refractivity contribution in [1.29, 1.82) is 0 Å². The van der Waals surface area contributed by atoms with Crippen molar-refractivity contribution in [3.8, 4) is 0 Å². The fourth-order valence-electron chi connectivity index (χ4n) is 3.06. The number of amides is 1. The lowest BCUT2D eigenvalue weighted by Crippen LogP contribution is -2.53. The van der Waals surface area contributed by atoms with Gasteiger partial charge >= 0.3 is 0 Å². The summed E-state index contributed by atoms with van der Waals surface area (Å²) in [6, 6.07) is 0.382. The molecule has 2 aliphatic heterocycles. The average Bonchev–Trinajstić information content (AvgIpc) is 3.20. The second-order valence-corrected chi connectivity index (χ2v) is 6.42. The second kappa shape index (κ2) is 7.97. The minimum Gasteiger partial charge on any atom is -0.375 e. The molecule has 0 aromatic rings. The molecule has 0 aromatic heterocycles. The lowest BCUT2D eigenvalue weighted by atomic mass is 10.1. The summed E-state index contributed by atoms with van der Waals surface area (Å²) in [6.45, 7) is 6.06. The number of morpholine rings is 1. The Morgan fingerprint density at radius 2 is 2.04 bits per heavy atom. The van der Waals surface area contributed by atoms with Gasteiger partial charge in [-0.3, -0.25) is 4.79 Å². The molecule has 1 amide bonds. The van der Waals surface area contributed by atoms with E-state index in [4.69, 9.17) is 9.47 Å². The standard InChI is InChI=1S/C16H28N4O3/c1-2-17-16(18-10-15(21)19-12-5-6-12)20-7-9-23-14(11-20)13-4-3-8-22-13/h12-14H,2-11H2,1H3,(H,17,18)(H,19,21). The van der Waals surface area contributed by atoms with E-state index in [0.717, 1.165) is 57.9 Å². The molecular weight excluding hydrogens is 296 g/mol. The van der Waals surface area contributed by atoms with Gasteiger partial charge in [-0.1, -0.05) is 0 Å². The Balaban J connectivity index is 1.55. The molecular formula is C16H28N4O3. The van der Waals surface area contributed by atoms with E-state index >= 15 is 0 Å². The number of carbonyl (C=O) groups is 1. The summed E-state index contributed by atoms with van der Waals surface area (Å²) in [4.78, 5) is 18.5. The van der Waals surface area contributed by atoms with Gasteiger partial charge in [0.05, 0.1) is 12.7 Å². The van der Waals surface area contributed by atoms with Crippen molar-refractivity contribution < 1.29 is 14.3 Å². The number of nitrogens with zero attached hydrogens (tertiary/aromatic N) is 2. The van der Waals surface area contributed by atoms with Crippen LogP contribution in [0, 0.1) is 0 Å². The van der Waals surface area contributed by atoms with Crippen LogP contribution in [0.25, 0.3) is 0 Å². The third-order valence-corrected chi connectivity index (χ3v) is 4.42. The third kappa shape index (κ3) is 4.81. The topological polar surface area (TPSA) is 75.2 Å². The first-order chi connectivity index (χ1) is 11.3. The molecule has 3 rings (SSSR count). The van der Waals surface area contributed by atoms with Crippen LogP contribution in [0.15, 0.2) is 4.99 Å². The molecule has 7 heteroatoms. The zero-order valence-corrected chi connectivity index (χ0v) is 13.9. The Kier molecular flexibility index (Phi) is 5.72. The predicted octanol–water partition coefficient (Wildman–Crippen LogP) is 0.110. The first-order valence-electron chi connectivity index (χ1n) is 8.82. The van der Waals surface area contributed by atoms with E-state index in [1.54, 1.807) is 0 Å². The summed E-state index contributed by atoms with van der Waals surface area (Å²) >= 11 is 0. The predicted molar refractivity (Wildman–Crippen MR) is 87.4 cm³/mol. The molecule has 3 aliphatic rings. The molecule has 0 aromatic carbocycles. The van der Waals surface area contributed by atoms with Crippen molar-refractivity contribution in [3.63, 3.8) is 0 Å². The number of carbonyl (C=O) groups excluding carboxylic acids is 1. The molecule has 130 valence electrons. The Bertz CT molecular complexity index is 433. The van der Waals surface area contributed by atoms with Gasteiger partial charge in [0.1, 0.15) is 12.6 Å². The average molecular weight is 324 g/mol. The molecule has 7 nitrogen and oxygen atoms in total. The van der Waals surface area contributed by atoms with Crippen LogP contribution in [0.3, 0.4) is 0 Å². The van der Waals surface area contributed by atoms with Crippen molar-refractivity contribution in [1.82, 2.24) is 15.5 Å². The number of guanidine groups is 1. The normalized spacial score (nSPS) is 28.7. The van der Waals surface area contributed by atoms with E-state index in [1.807, 2.05) is 6.92 Å². The second-order valence-electron chi connectivity index (χ2n) is 6.42. The Labute approximate surface area is 137 Å². The van der Waals surface area contributed by atoms with Crippen molar-refractivity contribution in [3.05, 3.63) is 0 Å².